The molecule has 11 rings (SSSR count). The van der Waals surface area contributed by atoms with Gasteiger partial charge >= 0.3 is 0 Å². The first-order chi connectivity index (χ1) is 38.9. The van der Waals surface area contributed by atoms with Gasteiger partial charge < -0.3 is 45.7 Å². The van der Waals surface area contributed by atoms with Gasteiger partial charge in [-0.3, -0.25) is 33.8 Å². The molecule has 430 valence electrons. The second kappa shape index (κ2) is 25.6. The van der Waals surface area contributed by atoms with Gasteiger partial charge in [0.25, 0.3) is 5.91 Å². The largest absolute Gasteiger partial charge is 0.375 e. The minimum atomic E-state index is -1.02. The highest BCUT2D eigenvalue weighted by atomic mass is 35.5. The van der Waals surface area contributed by atoms with Crippen LogP contribution < -0.4 is 21.3 Å². The molecule has 0 spiro atoms. The maximum Gasteiger partial charge on any atom is 0.251 e. The quantitative estimate of drug-likeness (QED) is 0.0925. The number of piperazine rings is 1. The Labute approximate surface area is 476 Å². The predicted octanol–water partition coefficient (Wildman–Crippen LogP) is 6.27. The molecule has 7 heterocycles. The summed E-state index contributed by atoms with van der Waals surface area (Å²) < 4.78 is 6.70. The van der Waals surface area contributed by atoms with E-state index in [1.54, 1.807) is 6.33 Å². The number of H-pyrrole nitrogens is 1. The second-order valence-corrected chi connectivity index (χ2v) is 24.6. The number of aromatic amines is 1. The Kier molecular flexibility index (Phi) is 18.0. The minimum absolute atomic E-state index is 0.0250. The van der Waals surface area contributed by atoms with Crippen LogP contribution in [0.4, 0.5) is 5.82 Å². The molecule has 80 heavy (non-hydrogen) atoms. The number of nitrogens with two attached hydrogens (primary N) is 1. The van der Waals surface area contributed by atoms with Crippen LogP contribution in [0.15, 0.2) is 67.1 Å². The van der Waals surface area contributed by atoms with Crippen molar-refractivity contribution in [3.63, 3.8) is 0 Å². The van der Waals surface area contributed by atoms with Crippen molar-refractivity contribution in [2.24, 2.45) is 17.6 Å². The number of aromatic nitrogens is 3. The first kappa shape index (κ1) is 56.2. The average Bonchev–Trinajstić information content (AvgIpc) is 4.26. The number of carbonyl (C=O) groups is 5. The molecular weight excluding hydrogens is 1030 g/mol. The normalized spacial score (nSPS) is 22.9. The van der Waals surface area contributed by atoms with Crippen molar-refractivity contribution in [3.8, 4) is 0 Å². The molecule has 2 aromatic heterocycles. The van der Waals surface area contributed by atoms with E-state index in [4.69, 9.17) is 22.1 Å². The van der Waals surface area contributed by atoms with E-state index < -0.39 is 11.6 Å². The van der Waals surface area contributed by atoms with Crippen LogP contribution in [0, 0.1) is 11.8 Å². The standard InChI is InChI=1S/C61H83ClN12O6/c62-48-15-13-42(14-16-48)52(67-60(79)61(63)23-32-72(33-24-61)56-51-17-25-64-55(51)65-41-66-56)22-29-69-34-36-71(37-35-69)53(75)40-70-27-18-49(19-28-70)80-50-20-30-73(31-21-50)59(78)54(43-6-2-1-3-7-43)68-57(76)46-9-4-8-45(38-46)47-10-5-26-74(39-47)58(77)44-11-12-44/h4,8-9,13-17,25,38,41,43-44,47,49-50,52,54H,1-3,5-7,10-12,18-24,26-37,39-40,63H2,(H,67,79)(H,68,76)(H,64,65,66)/t47?,52-,54+/m0/s1. The SMILES string of the molecule is NC1(C(=O)N[C@@H](CCN2CCN(C(=O)CN3CCC(OC4CCN(C(=O)[C@H](NC(=O)c5cccc(C6CCCN(C(=O)C7CC7)C6)c5)C5CCCCC5)CC4)CC3)CC2)c2ccc(Cl)cc2)CCN(c2ncnc3[nH]ccc23)CC1. The van der Waals surface area contributed by atoms with E-state index in [0.717, 1.165) is 151 Å². The Hall–Kier alpha value is -5.66. The highest BCUT2D eigenvalue weighted by molar-refractivity contribution is 6.30. The molecule has 1 unspecified atom stereocenters. The maximum absolute atomic E-state index is 14.4. The Bertz CT molecular complexity index is 2770. The number of benzene rings is 2. The molecule has 0 bridgehead atoms. The van der Waals surface area contributed by atoms with Gasteiger partial charge in [0.1, 0.15) is 23.8 Å². The van der Waals surface area contributed by atoms with Gasteiger partial charge in [-0.2, -0.15) is 0 Å². The highest BCUT2D eigenvalue weighted by Crippen LogP contribution is 2.36. The van der Waals surface area contributed by atoms with Crippen molar-refractivity contribution in [1.82, 2.24) is 50.1 Å². The number of amides is 5. The van der Waals surface area contributed by atoms with Crippen LogP contribution in [-0.2, 0) is 23.9 Å². The fourth-order valence-corrected chi connectivity index (χ4v) is 13.7. The molecule has 5 aliphatic heterocycles. The second-order valence-electron chi connectivity index (χ2n) is 24.2. The highest BCUT2D eigenvalue weighted by Gasteiger charge is 2.41. The molecule has 7 fully saturated rings. The molecule has 18 nitrogen and oxygen atoms in total. The number of anilines is 1. The number of piperidine rings is 4. The van der Waals surface area contributed by atoms with Gasteiger partial charge in [0, 0.05) is 114 Å². The summed E-state index contributed by atoms with van der Waals surface area (Å²) in [5, 5.41) is 8.17. The number of hydrogen-bond acceptors (Lipinski definition) is 12. The number of carbonyl (C=O) groups excluding carboxylic acids is 5. The maximum atomic E-state index is 14.4. The molecule has 19 heteroatoms. The van der Waals surface area contributed by atoms with Crippen LogP contribution in [0.5, 0.6) is 0 Å². The molecule has 2 aliphatic carbocycles. The smallest absolute Gasteiger partial charge is 0.251 e. The molecule has 2 saturated carbocycles. The van der Waals surface area contributed by atoms with Crippen molar-refractivity contribution < 1.29 is 28.7 Å². The topological polar surface area (TPSA) is 206 Å². The first-order valence-electron chi connectivity index (χ1n) is 30.2. The zero-order chi connectivity index (χ0) is 55.2. The lowest BCUT2D eigenvalue weighted by atomic mass is 9.83. The number of ether oxygens (including phenoxy) is 1. The molecular formula is C61H83ClN12O6. The van der Waals surface area contributed by atoms with Gasteiger partial charge in [-0.05, 0) is 131 Å². The Balaban J connectivity index is 0.598. The van der Waals surface area contributed by atoms with Crippen LogP contribution in [-0.4, -0.2) is 184 Å². The van der Waals surface area contributed by atoms with E-state index in [1.807, 2.05) is 69.4 Å². The summed E-state index contributed by atoms with van der Waals surface area (Å²) in [4.78, 5) is 93.9. The number of fused-ring (bicyclic) bond motifs is 1. The van der Waals surface area contributed by atoms with Gasteiger partial charge in [0.15, 0.2) is 0 Å². The minimum Gasteiger partial charge on any atom is -0.375 e. The van der Waals surface area contributed by atoms with Crippen molar-refractivity contribution in [1.29, 1.82) is 0 Å². The van der Waals surface area contributed by atoms with E-state index in [9.17, 15) is 24.0 Å². The van der Waals surface area contributed by atoms with Gasteiger partial charge in [0.2, 0.25) is 23.6 Å². The zero-order valence-electron chi connectivity index (χ0n) is 46.6. The van der Waals surface area contributed by atoms with Crippen molar-refractivity contribution in [2.45, 2.75) is 138 Å². The monoisotopic (exact) mass is 1110 g/mol. The predicted molar refractivity (Wildman–Crippen MR) is 308 cm³/mol. The molecule has 0 radical (unpaired) electrons. The van der Waals surface area contributed by atoms with Crippen LogP contribution in [0.1, 0.15) is 136 Å². The summed E-state index contributed by atoms with van der Waals surface area (Å²) in [7, 11) is 0. The zero-order valence-corrected chi connectivity index (χ0v) is 47.3. The third-order valence-electron chi connectivity index (χ3n) is 18.8. The summed E-state index contributed by atoms with van der Waals surface area (Å²) in [6, 6.07) is 16.7. The van der Waals surface area contributed by atoms with Crippen molar-refractivity contribution >= 4 is 58.0 Å². The van der Waals surface area contributed by atoms with Gasteiger partial charge in [-0.15, -0.1) is 0 Å². The fraction of sp³-hybridized carbons (Fsp3) is 0.623. The molecule has 5 N–H and O–H groups in total. The van der Waals surface area contributed by atoms with Gasteiger partial charge in [-0.1, -0.05) is 55.1 Å². The summed E-state index contributed by atoms with van der Waals surface area (Å²) in [5.41, 5.74) is 9.30. The van der Waals surface area contributed by atoms with Gasteiger partial charge in [-0.25, -0.2) is 9.97 Å². The number of nitrogens with zero attached hydrogens (tertiary/aromatic N) is 8. The van der Waals surface area contributed by atoms with Crippen molar-refractivity contribution in [3.05, 3.63) is 88.8 Å². The number of nitrogens with one attached hydrogen (secondary N) is 3. The summed E-state index contributed by atoms with van der Waals surface area (Å²) in [6.45, 7) is 9.54. The number of halogens is 1. The Morgan fingerprint density at radius 3 is 2.17 bits per heavy atom. The third-order valence-corrected chi connectivity index (χ3v) is 19.0. The van der Waals surface area contributed by atoms with E-state index in [2.05, 4.69) is 46.4 Å². The lowest BCUT2D eigenvalue weighted by molar-refractivity contribution is -0.140. The summed E-state index contributed by atoms with van der Waals surface area (Å²) in [6.07, 6.45) is 17.7. The molecule has 4 aromatic rings. The molecule has 3 atom stereocenters. The van der Waals surface area contributed by atoms with Crippen LogP contribution in [0.2, 0.25) is 5.02 Å². The van der Waals surface area contributed by atoms with Crippen LogP contribution in [0.25, 0.3) is 11.0 Å². The average molecular weight is 1120 g/mol. The third kappa shape index (κ3) is 13.6. The molecule has 2 aromatic carbocycles. The lowest BCUT2D eigenvalue weighted by Gasteiger charge is -2.40. The van der Waals surface area contributed by atoms with E-state index in [1.165, 1.54) is 0 Å². The van der Waals surface area contributed by atoms with E-state index >= 15 is 0 Å². The lowest BCUT2D eigenvalue weighted by Crippen LogP contribution is -2.60. The number of likely N-dealkylation sites (tertiary alicyclic amines) is 3. The fourth-order valence-electron chi connectivity index (χ4n) is 13.5. The van der Waals surface area contributed by atoms with E-state index in [-0.39, 0.29) is 65.5 Å². The summed E-state index contributed by atoms with van der Waals surface area (Å²) in [5.74, 6) is 1.49. The number of hydrogen-bond donors (Lipinski definition) is 4. The Morgan fingerprint density at radius 2 is 1.45 bits per heavy atom. The first-order valence-corrected chi connectivity index (χ1v) is 30.6. The van der Waals surface area contributed by atoms with Gasteiger partial charge in [0.05, 0.1) is 35.7 Å². The summed E-state index contributed by atoms with van der Waals surface area (Å²) >= 11 is 6.29. The van der Waals surface area contributed by atoms with E-state index in [0.29, 0.717) is 82.2 Å². The molecule has 5 saturated heterocycles. The number of rotatable bonds is 17. The molecule has 5 amide bonds. The van der Waals surface area contributed by atoms with Crippen molar-refractivity contribution in [2.75, 3.05) is 96.5 Å². The Morgan fingerprint density at radius 1 is 0.725 bits per heavy atom. The molecule has 7 aliphatic rings. The van der Waals surface area contributed by atoms with Crippen LogP contribution in [0.3, 0.4) is 0 Å². The van der Waals surface area contributed by atoms with Crippen LogP contribution >= 0.6 is 11.6 Å².